The summed E-state index contributed by atoms with van der Waals surface area (Å²) in [6.07, 6.45) is 7.02. The van der Waals surface area contributed by atoms with E-state index in [1.807, 2.05) is 25.1 Å². The van der Waals surface area contributed by atoms with Gasteiger partial charge in [-0.2, -0.15) is 4.98 Å². The number of nitrogens with two attached hydrogens (primary N) is 2. The van der Waals surface area contributed by atoms with E-state index >= 15 is 0 Å². The molecular formula is C17H22N4O2. The molecule has 0 bridgehead atoms. The van der Waals surface area contributed by atoms with Gasteiger partial charge in [-0.25, -0.2) is 4.98 Å². The van der Waals surface area contributed by atoms with Gasteiger partial charge in [0, 0.05) is 23.7 Å². The molecule has 0 aliphatic heterocycles. The Hall–Kier alpha value is -2.76. The lowest BCUT2D eigenvalue weighted by atomic mass is 10.0. The summed E-state index contributed by atoms with van der Waals surface area (Å²) in [7, 11) is 3.30. The lowest BCUT2D eigenvalue weighted by Gasteiger charge is -2.15. The number of hydrogen-bond acceptors (Lipinski definition) is 6. The molecule has 1 aromatic heterocycles. The lowest BCUT2D eigenvalue weighted by Crippen LogP contribution is -2.05. The van der Waals surface area contributed by atoms with Crippen molar-refractivity contribution in [3.63, 3.8) is 0 Å². The van der Waals surface area contributed by atoms with Crippen molar-refractivity contribution in [3.8, 4) is 11.5 Å². The van der Waals surface area contributed by atoms with Gasteiger partial charge in [-0.3, -0.25) is 0 Å². The molecule has 0 unspecified atom stereocenters. The second-order valence-electron chi connectivity index (χ2n) is 5.07. The summed E-state index contributed by atoms with van der Waals surface area (Å²) in [5, 5.41) is 0. The summed E-state index contributed by atoms with van der Waals surface area (Å²) in [6, 6.07) is 3.97. The standard InChI is InChI=1S/C17H22N4O2/c1-4-5-6-13-14(22-2)8-11(9-15(13)23-3)7-12-10-20-17(19)21-16(12)18/h4-5,8-10H,6-7H2,1-3H3,(H4,18,19,20,21). The normalized spacial score (nSPS) is 10.9. The fourth-order valence-electron chi connectivity index (χ4n) is 2.37. The number of nitrogen functional groups attached to an aromatic ring is 2. The molecule has 6 heteroatoms. The molecule has 0 fully saturated rings. The monoisotopic (exact) mass is 314 g/mol. The van der Waals surface area contributed by atoms with Crippen LogP contribution >= 0.6 is 0 Å². The van der Waals surface area contributed by atoms with Gasteiger partial charge in [0.05, 0.1) is 14.2 Å². The Morgan fingerprint density at radius 1 is 1.13 bits per heavy atom. The number of anilines is 2. The topological polar surface area (TPSA) is 96.3 Å². The van der Waals surface area contributed by atoms with E-state index in [1.54, 1.807) is 20.4 Å². The first-order valence-corrected chi connectivity index (χ1v) is 7.30. The van der Waals surface area contributed by atoms with Gasteiger partial charge in [0.15, 0.2) is 0 Å². The molecular weight excluding hydrogens is 292 g/mol. The third kappa shape index (κ3) is 3.91. The lowest BCUT2D eigenvalue weighted by molar-refractivity contribution is 0.386. The van der Waals surface area contributed by atoms with Crippen molar-refractivity contribution in [2.45, 2.75) is 19.8 Å². The van der Waals surface area contributed by atoms with E-state index in [0.717, 1.165) is 34.6 Å². The Kier molecular flexibility index (Phi) is 5.41. The van der Waals surface area contributed by atoms with Crippen LogP contribution in [0.2, 0.25) is 0 Å². The molecule has 6 nitrogen and oxygen atoms in total. The predicted molar refractivity (Wildman–Crippen MR) is 91.7 cm³/mol. The molecule has 122 valence electrons. The minimum absolute atomic E-state index is 0.170. The van der Waals surface area contributed by atoms with Crippen LogP contribution in [0.4, 0.5) is 11.8 Å². The third-order valence-electron chi connectivity index (χ3n) is 3.54. The third-order valence-corrected chi connectivity index (χ3v) is 3.54. The van der Waals surface area contributed by atoms with Gasteiger partial charge in [-0.1, -0.05) is 12.2 Å². The molecule has 0 saturated carbocycles. The molecule has 0 spiro atoms. The van der Waals surface area contributed by atoms with E-state index in [1.165, 1.54) is 0 Å². The van der Waals surface area contributed by atoms with Crippen LogP contribution in [0.15, 0.2) is 30.5 Å². The molecule has 4 N–H and O–H groups in total. The van der Waals surface area contributed by atoms with Crippen LogP contribution < -0.4 is 20.9 Å². The molecule has 2 rings (SSSR count). The minimum atomic E-state index is 0.170. The van der Waals surface area contributed by atoms with Gasteiger partial charge in [-0.15, -0.1) is 0 Å². The predicted octanol–water partition coefficient (Wildman–Crippen LogP) is 2.37. The number of aromatic nitrogens is 2. The highest BCUT2D eigenvalue weighted by Crippen LogP contribution is 2.32. The Balaban J connectivity index is 2.39. The molecule has 0 saturated heterocycles. The fraction of sp³-hybridized carbons (Fsp3) is 0.294. The highest BCUT2D eigenvalue weighted by Gasteiger charge is 2.13. The first-order chi connectivity index (χ1) is 11.1. The largest absolute Gasteiger partial charge is 0.496 e. The van der Waals surface area contributed by atoms with E-state index in [-0.39, 0.29) is 5.95 Å². The first kappa shape index (κ1) is 16.6. The minimum Gasteiger partial charge on any atom is -0.496 e. The fourth-order valence-corrected chi connectivity index (χ4v) is 2.37. The van der Waals surface area contributed by atoms with Gasteiger partial charge < -0.3 is 20.9 Å². The van der Waals surface area contributed by atoms with Crippen molar-refractivity contribution in [2.75, 3.05) is 25.7 Å². The Morgan fingerprint density at radius 2 is 1.78 bits per heavy atom. The molecule has 0 amide bonds. The number of rotatable bonds is 6. The van der Waals surface area contributed by atoms with Crippen LogP contribution in [-0.2, 0) is 12.8 Å². The van der Waals surface area contributed by atoms with Crippen molar-refractivity contribution in [3.05, 3.63) is 47.2 Å². The quantitative estimate of drug-likeness (QED) is 0.795. The van der Waals surface area contributed by atoms with Crippen molar-refractivity contribution in [1.82, 2.24) is 9.97 Å². The molecule has 1 heterocycles. The highest BCUT2D eigenvalue weighted by molar-refractivity contribution is 5.52. The van der Waals surface area contributed by atoms with E-state index in [4.69, 9.17) is 20.9 Å². The number of nitrogens with zero attached hydrogens (tertiary/aromatic N) is 2. The van der Waals surface area contributed by atoms with Crippen LogP contribution in [0.1, 0.15) is 23.6 Å². The summed E-state index contributed by atoms with van der Waals surface area (Å²) in [6.45, 7) is 1.98. The zero-order valence-corrected chi connectivity index (χ0v) is 13.7. The molecule has 1 aromatic carbocycles. The number of methoxy groups -OCH3 is 2. The molecule has 2 aromatic rings. The van der Waals surface area contributed by atoms with Gasteiger partial charge in [-0.05, 0) is 31.0 Å². The Bertz CT molecular complexity index is 689. The van der Waals surface area contributed by atoms with Crippen molar-refractivity contribution in [1.29, 1.82) is 0 Å². The molecule has 0 aliphatic carbocycles. The van der Waals surface area contributed by atoms with Crippen LogP contribution in [0.5, 0.6) is 11.5 Å². The van der Waals surface area contributed by atoms with Gasteiger partial charge >= 0.3 is 0 Å². The van der Waals surface area contributed by atoms with Crippen molar-refractivity contribution >= 4 is 11.8 Å². The molecule has 0 atom stereocenters. The van der Waals surface area contributed by atoms with E-state index in [2.05, 4.69) is 16.0 Å². The van der Waals surface area contributed by atoms with Crippen LogP contribution in [0, 0.1) is 0 Å². The Labute approximate surface area is 136 Å². The van der Waals surface area contributed by atoms with Crippen molar-refractivity contribution in [2.24, 2.45) is 0 Å². The SMILES string of the molecule is CC=CCc1c(OC)cc(Cc2cnc(N)nc2N)cc1OC. The maximum absolute atomic E-state index is 5.90. The average molecular weight is 314 g/mol. The number of benzene rings is 1. The summed E-state index contributed by atoms with van der Waals surface area (Å²) in [5.74, 6) is 2.12. The van der Waals surface area contributed by atoms with Gasteiger partial charge in [0.1, 0.15) is 17.3 Å². The van der Waals surface area contributed by atoms with E-state index < -0.39 is 0 Å². The van der Waals surface area contributed by atoms with Crippen LogP contribution in [0.25, 0.3) is 0 Å². The number of ether oxygens (including phenoxy) is 2. The summed E-state index contributed by atoms with van der Waals surface area (Å²) < 4.78 is 11.0. The van der Waals surface area contributed by atoms with E-state index in [0.29, 0.717) is 12.2 Å². The number of allylic oxidation sites excluding steroid dienone is 2. The van der Waals surface area contributed by atoms with Crippen LogP contribution in [0.3, 0.4) is 0 Å². The van der Waals surface area contributed by atoms with Gasteiger partial charge in [0.2, 0.25) is 5.95 Å². The average Bonchev–Trinajstić information content (AvgIpc) is 2.55. The van der Waals surface area contributed by atoms with E-state index in [9.17, 15) is 0 Å². The number of hydrogen-bond donors (Lipinski definition) is 2. The summed E-state index contributed by atoms with van der Waals surface area (Å²) >= 11 is 0. The highest BCUT2D eigenvalue weighted by atomic mass is 16.5. The van der Waals surface area contributed by atoms with Crippen LogP contribution in [-0.4, -0.2) is 24.2 Å². The molecule has 0 radical (unpaired) electrons. The maximum Gasteiger partial charge on any atom is 0.221 e. The first-order valence-electron chi connectivity index (χ1n) is 7.30. The van der Waals surface area contributed by atoms with Crippen molar-refractivity contribution < 1.29 is 9.47 Å². The second kappa shape index (κ2) is 7.49. The molecule has 0 aliphatic rings. The second-order valence-corrected chi connectivity index (χ2v) is 5.07. The van der Waals surface area contributed by atoms with Gasteiger partial charge in [0.25, 0.3) is 0 Å². The zero-order valence-electron chi connectivity index (χ0n) is 13.7. The Morgan fingerprint density at radius 3 is 2.30 bits per heavy atom. The summed E-state index contributed by atoms with van der Waals surface area (Å²) in [5.41, 5.74) is 14.3. The smallest absolute Gasteiger partial charge is 0.221 e. The maximum atomic E-state index is 5.90. The zero-order chi connectivity index (χ0) is 16.8. The summed E-state index contributed by atoms with van der Waals surface area (Å²) in [4.78, 5) is 7.98. The molecule has 23 heavy (non-hydrogen) atoms.